The SMILES string of the molecule is CCCON=C(C(=O)Nc1ccc(C(=O)O)cc1)c1ccc2c(c1)C(C)(C)CCC2(C)C. The maximum atomic E-state index is 13.1. The van der Waals surface area contributed by atoms with Gasteiger partial charge in [-0.05, 0) is 71.6 Å². The number of carboxylic acid groups (broad SMARTS) is 1. The average Bonchev–Trinajstić information content (AvgIpc) is 2.75. The van der Waals surface area contributed by atoms with Crippen LogP contribution in [-0.4, -0.2) is 29.3 Å². The second kappa shape index (κ2) is 9.15. The lowest BCUT2D eigenvalue weighted by molar-refractivity contribution is -0.110. The van der Waals surface area contributed by atoms with Gasteiger partial charge in [-0.25, -0.2) is 4.79 Å². The van der Waals surface area contributed by atoms with Crippen molar-refractivity contribution in [3.8, 4) is 0 Å². The van der Waals surface area contributed by atoms with Gasteiger partial charge in [0.1, 0.15) is 6.61 Å². The number of fused-ring (bicyclic) bond motifs is 1. The van der Waals surface area contributed by atoms with E-state index in [9.17, 15) is 9.59 Å². The minimum absolute atomic E-state index is 0.000607. The Labute approximate surface area is 189 Å². The average molecular weight is 437 g/mol. The Hall–Kier alpha value is -3.15. The number of carbonyl (C=O) groups excluding carboxylic acids is 1. The van der Waals surface area contributed by atoms with E-state index in [1.165, 1.54) is 23.3 Å². The van der Waals surface area contributed by atoms with Crippen LogP contribution >= 0.6 is 0 Å². The summed E-state index contributed by atoms with van der Waals surface area (Å²) >= 11 is 0. The van der Waals surface area contributed by atoms with Crippen molar-refractivity contribution in [2.45, 2.75) is 64.7 Å². The third-order valence-corrected chi connectivity index (χ3v) is 6.18. The lowest BCUT2D eigenvalue weighted by Gasteiger charge is -2.42. The van der Waals surface area contributed by atoms with E-state index in [1.807, 2.05) is 13.0 Å². The number of hydrogen-bond donors (Lipinski definition) is 2. The zero-order chi connectivity index (χ0) is 23.5. The molecule has 2 aromatic rings. The summed E-state index contributed by atoms with van der Waals surface area (Å²) in [6, 6.07) is 12.1. The van der Waals surface area contributed by atoms with Crippen LogP contribution in [0.3, 0.4) is 0 Å². The third-order valence-electron chi connectivity index (χ3n) is 6.18. The second-order valence-electron chi connectivity index (χ2n) is 9.64. The summed E-state index contributed by atoms with van der Waals surface area (Å²) in [5.74, 6) is -1.42. The summed E-state index contributed by atoms with van der Waals surface area (Å²) < 4.78 is 0. The number of nitrogens with zero attached hydrogens (tertiary/aromatic N) is 1. The number of aromatic carboxylic acids is 1. The smallest absolute Gasteiger partial charge is 0.335 e. The summed E-state index contributed by atoms with van der Waals surface area (Å²) in [6.07, 6.45) is 2.96. The molecule has 2 aromatic carbocycles. The predicted molar refractivity (Wildman–Crippen MR) is 127 cm³/mol. The summed E-state index contributed by atoms with van der Waals surface area (Å²) in [4.78, 5) is 29.6. The van der Waals surface area contributed by atoms with Gasteiger partial charge in [-0.2, -0.15) is 0 Å². The van der Waals surface area contributed by atoms with E-state index in [0.717, 1.165) is 19.3 Å². The minimum Gasteiger partial charge on any atom is -0.478 e. The summed E-state index contributed by atoms with van der Waals surface area (Å²) in [5, 5.41) is 16.0. The summed E-state index contributed by atoms with van der Waals surface area (Å²) in [6.45, 7) is 11.4. The van der Waals surface area contributed by atoms with Crippen LogP contribution < -0.4 is 5.32 Å². The zero-order valence-corrected chi connectivity index (χ0v) is 19.5. The Morgan fingerprint density at radius 1 is 0.969 bits per heavy atom. The van der Waals surface area contributed by atoms with Crippen LogP contribution in [-0.2, 0) is 20.5 Å². The molecule has 0 aromatic heterocycles. The normalized spacial score (nSPS) is 16.7. The van der Waals surface area contributed by atoms with Crippen molar-refractivity contribution >= 4 is 23.3 Å². The lowest BCUT2D eigenvalue weighted by Crippen LogP contribution is -2.34. The maximum Gasteiger partial charge on any atom is 0.335 e. The van der Waals surface area contributed by atoms with E-state index in [0.29, 0.717) is 17.9 Å². The topological polar surface area (TPSA) is 88.0 Å². The quantitative estimate of drug-likeness (QED) is 0.341. The molecule has 0 atom stereocenters. The van der Waals surface area contributed by atoms with Crippen LogP contribution in [0.2, 0.25) is 0 Å². The molecule has 0 fully saturated rings. The van der Waals surface area contributed by atoms with Gasteiger partial charge in [0.05, 0.1) is 5.56 Å². The number of anilines is 1. The van der Waals surface area contributed by atoms with E-state index >= 15 is 0 Å². The van der Waals surface area contributed by atoms with Gasteiger partial charge in [0.15, 0.2) is 5.71 Å². The van der Waals surface area contributed by atoms with E-state index in [2.05, 4.69) is 50.3 Å². The highest BCUT2D eigenvalue weighted by Gasteiger charge is 2.37. The fourth-order valence-electron chi connectivity index (χ4n) is 4.05. The van der Waals surface area contributed by atoms with Gasteiger partial charge < -0.3 is 15.3 Å². The molecule has 0 saturated heterocycles. The number of carbonyl (C=O) groups is 2. The second-order valence-corrected chi connectivity index (χ2v) is 9.64. The van der Waals surface area contributed by atoms with E-state index in [4.69, 9.17) is 9.94 Å². The van der Waals surface area contributed by atoms with E-state index in [-0.39, 0.29) is 22.1 Å². The highest BCUT2D eigenvalue weighted by atomic mass is 16.6. The molecule has 32 heavy (non-hydrogen) atoms. The van der Waals surface area contributed by atoms with Crippen LogP contribution in [0.25, 0.3) is 0 Å². The molecule has 6 nitrogen and oxygen atoms in total. The van der Waals surface area contributed by atoms with Crippen molar-refractivity contribution < 1.29 is 19.5 Å². The fraction of sp³-hybridized carbons (Fsp3) is 0.423. The summed E-state index contributed by atoms with van der Waals surface area (Å²) in [7, 11) is 0. The molecular formula is C26H32N2O4. The molecular weight excluding hydrogens is 404 g/mol. The highest BCUT2D eigenvalue weighted by molar-refractivity contribution is 6.48. The lowest BCUT2D eigenvalue weighted by atomic mass is 9.63. The first kappa shape index (κ1) is 23.5. The van der Waals surface area contributed by atoms with Crippen molar-refractivity contribution in [2.75, 3.05) is 11.9 Å². The Balaban J connectivity index is 1.96. The minimum atomic E-state index is -1.02. The first-order valence-corrected chi connectivity index (χ1v) is 11.1. The molecule has 0 unspecified atom stereocenters. The highest BCUT2D eigenvalue weighted by Crippen LogP contribution is 2.45. The van der Waals surface area contributed by atoms with E-state index < -0.39 is 11.9 Å². The van der Waals surface area contributed by atoms with Crippen LogP contribution in [0.4, 0.5) is 5.69 Å². The standard InChI is InChI=1S/C26H32N2O4/c1-6-15-32-28-22(23(29)27-19-10-7-17(8-11-19)24(30)31)18-9-12-20-21(16-18)26(4,5)14-13-25(20,2)3/h7-12,16H,6,13-15H2,1-5H3,(H,27,29)(H,30,31). The summed E-state index contributed by atoms with van der Waals surface area (Å²) in [5.41, 5.74) is 4.15. The monoisotopic (exact) mass is 436 g/mol. The molecule has 0 spiro atoms. The molecule has 0 heterocycles. The van der Waals surface area contributed by atoms with Crippen molar-refractivity contribution in [3.63, 3.8) is 0 Å². The van der Waals surface area contributed by atoms with Gasteiger partial charge >= 0.3 is 5.97 Å². The van der Waals surface area contributed by atoms with E-state index in [1.54, 1.807) is 12.1 Å². The van der Waals surface area contributed by atoms with Crippen molar-refractivity contribution in [2.24, 2.45) is 5.16 Å². The largest absolute Gasteiger partial charge is 0.478 e. The van der Waals surface area contributed by atoms with Gasteiger partial charge in [0.25, 0.3) is 5.91 Å². The number of carboxylic acids is 1. The fourth-order valence-corrected chi connectivity index (χ4v) is 4.05. The number of amides is 1. The Morgan fingerprint density at radius 2 is 1.56 bits per heavy atom. The van der Waals surface area contributed by atoms with Crippen molar-refractivity contribution in [3.05, 3.63) is 64.7 Å². The van der Waals surface area contributed by atoms with Crippen molar-refractivity contribution in [1.29, 1.82) is 0 Å². The number of nitrogens with one attached hydrogen (secondary N) is 1. The number of benzene rings is 2. The molecule has 3 rings (SSSR count). The molecule has 0 bridgehead atoms. The van der Waals surface area contributed by atoms with Gasteiger partial charge in [-0.1, -0.05) is 51.9 Å². The van der Waals surface area contributed by atoms with Crippen LogP contribution in [0.5, 0.6) is 0 Å². The van der Waals surface area contributed by atoms with Crippen LogP contribution in [0.1, 0.15) is 80.9 Å². The molecule has 0 saturated carbocycles. The number of rotatable bonds is 7. The van der Waals surface area contributed by atoms with Gasteiger partial charge in [-0.15, -0.1) is 0 Å². The Kier molecular flexibility index (Phi) is 6.72. The molecule has 170 valence electrons. The van der Waals surface area contributed by atoms with Gasteiger partial charge in [0, 0.05) is 11.3 Å². The van der Waals surface area contributed by atoms with Crippen molar-refractivity contribution in [1.82, 2.24) is 0 Å². The number of oxime groups is 1. The van der Waals surface area contributed by atoms with Crippen LogP contribution in [0.15, 0.2) is 47.6 Å². The molecule has 2 N–H and O–H groups in total. The van der Waals surface area contributed by atoms with Gasteiger partial charge in [-0.3, -0.25) is 4.79 Å². The molecule has 1 amide bonds. The Bertz CT molecular complexity index is 1040. The predicted octanol–water partition coefficient (Wildman–Crippen LogP) is 5.50. The number of hydrogen-bond acceptors (Lipinski definition) is 4. The zero-order valence-electron chi connectivity index (χ0n) is 19.5. The third kappa shape index (κ3) is 5.01. The molecule has 0 radical (unpaired) electrons. The van der Waals surface area contributed by atoms with Gasteiger partial charge in [0.2, 0.25) is 0 Å². The molecule has 1 aliphatic rings. The van der Waals surface area contributed by atoms with Crippen LogP contribution in [0, 0.1) is 0 Å². The maximum absolute atomic E-state index is 13.1. The molecule has 0 aliphatic heterocycles. The first-order chi connectivity index (χ1) is 15.0. The molecule has 6 heteroatoms. The Morgan fingerprint density at radius 3 is 2.16 bits per heavy atom. The first-order valence-electron chi connectivity index (χ1n) is 11.1. The molecule has 1 aliphatic carbocycles.